The van der Waals surface area contributed by atoms with Crippen molar-refractivity contribution in [3.8, 4) is 5.75 Å². The fourth-order valence-corrected chi connectivity index (χ4v) is 2.33. The summed E-state index contributed by atoms with van der Waals surface area (Å²) in [5, 5.41) is 30.7. The van der Waals surface area contributed by atoms with Gasteiger partial charge in [-0.2, -0.15) is 0 Å². The topological polar surface area (TPSA) is 112 Å². The van der Waals surface area contributed by atoms with Crippen molar-refractivity contribution in [2.24, 2.45) is 10.9 Å². The highest BCUT2D eigenvalue weighted by atomic mass is 16.5. The number of rotatable bonds is 4. The number of hydrogen-bond acceptors (Lipinski definition) is 6. The lowest BCUT2D eigenvalue weighted by Gasteiger charge is -2.16. The van der Waals surface area contributed by atoms with Crippen molar-refractivity contribution < 1.29 is 20.2 Å². The summed E-state index contributed by atoms with van der Waals surface area (Å²) in [6, 6.07) is 5.35. The van der Waals surface area contributed by atoms with Crippen LogP contribution in [-0.2, 0) is 6.54 Å². The third kappa shape index (κ3) is 3.01. The van der Waals surface area contributed by atoms with Gasteiger partial charge in [0.05, 0.1) is 24.9 Å². The molecule has 0 aliphatic carbocycles. The fourth-order valence-electron chi connectivity index (χ4n) is 2.33. The molecule has 2 rings (SSSR count). The standard InChI is InChI=1S/C13H19N3O4/c1-20-12-4-8(2-3-9(12)13(14)15-19)5-16-6-10(17)11(18)7-16/h2-4,10-11,17-19H,5-7H2,1H3,(H2,14,15). The SMILES string of the molecule is COc1cc(CN2CC(O)C(O)C2)ccc1/C(N)=N/O. The Labute approximate surface area is 116 Å². The molecule has 1 aromatic carbocycles. The van der Waals surface area contributed by atoms with Crippen LogP contribution in [0.15, 0.2) is 23.4 Å². The van der Waals surface area contributed by atoms with Crippen LogP contribution in [0.5, 0.6) is 5.75 Å². The number of methoxy groups -OCH3 is 1. The van der Waals surface area contributed by atoms with Gasteiger partial charge in [0.15, 0.2) is 5.84 Å². The summed E-state index contributed by atoms with van der Waals surface area (Å²) in [4.78, 5) is 1.95. The molecule has 1 fully saturated rings. The fraction of sp³-hybridized carbons (Fsp3) is 0.462. The van der Waals surface area contributed by atoms with Gasteiger partial charge in [0, 0.05) is 19.6 Å². The molecule has 110 valence electrons. The Kier molecular flexibility index (Phi) is 4.43. The molecule has 2 atom stereocenters. The van der Waals surface area contributed by atoms with Gasteiger partial charge < -0.3 is 25.9 Å². The third-order valence-electron chi connectivity index (χ3n) is 3.39. The van der Waals surface area contributed by atoms with Gasteiger partial charge in [-0.25, -0.2) is 0 Å². The first-order valence-electron chi connectivity index (χ1n) is 6.28. The highest BCUT2D eigenvalue weighted by Crippen LogP contribution is 2.22. The second-order valence-corrected chi connectivity index (χ2v) is 4.85. The molecule has 1 heterocycles. The lowest BCUT2D eigenvalue weighted by Crippen LogP contribution is -2.22. The molecule has 1 saturated heterocycles. The van der Waals surface area contributed by atoms with E-state index in [1.165, 1.54) is 7.11 Å². The molecular formula is C13H19N3O4. The highest BCUT2D eigenvalue weighted by molar-refractivity contribution is 5.99. The summed E-state index contributed by atoms with van der Waals surface area (Å²) in [5.41, 5.74) is 7.03. The van der Waals surface area contributed by atoms with Crippen molar-refractivity contribution in [3.63, 3.8) is 0 Å². The monoisotopic (exact) mass is 281 g/mol. The molecule has 2 unspecified atom stereocenters. The first-order chi connectivity index (χ1) is 9.55. The van der Waals surface area contributed by atoms with E-state index < -0.39 is 12.2 Å². The second kappa shape index (κ2) is 6.08. The van der Waals surface area contributed by atoms with Gasteiger partial charge in [0.2, 0.25) is 0 Å². The van der Waals surface area contributed by atoms with Crippen LogP contribution in [0.1, 0.15) is 11.1 Å². The summed E-state index contributed by atoms with van der Waals surface area (Å²) in [7, 11) is 1.51. The van der Waals surface area contributed by atoms with E-state index in [4.69, 9.17) is 15.7 Å². The maximum Gasteiger partial charge on any atom is 0.173 e. The van der Waals surface area contributed by atoms with Crippen LogP contribution in [0.4, 0.5) is 0 Å². The largest absolute Gasteiger partial charge is 0.496 e. The van der Waals surface area contributed by atoms with Crippen LogP contribution >= 0.6 is 0 Å². The van der Waals surface area contributed by atoms with E-state index in [1.807, 2.05) is 11.0 Å². The molecule has 7 nitrogen and oxygen atoms in total. The van der Waals surface area contributed by atoms with Crippen molar-refractivity contribution in [2.45, 2.75) is 18.8 Å². The molecule has 1 aliphatic heterocycles. The van der Waals surface area contributed by atoms with Gasteiger partial charge in [-0.1, -0.05) is 11.2 Å². The number of amidine groups is 1. The molecule has 20 heavy (non-hydrogen) atoms. The normalized spacial score (nSPS) is 24.1. The molecule has 0 amide bonds. The van der Waals surface area contributed by atoms with Crippen molar-refractivity contribution in [3.05, 3.63) is 29.3 Å². The number of nitrogens with two attached hydrogens (primary N) is 1. The van der Waals surface area contributed by atoms with E-state index in [-0.39, 0.29) is 5.84 Å². The molecule has 1 aromatic rings. The first-order valence-corrected chi connectivity index (χ1v) is 6.28. The second-order valence-electron chi connectivity index (χ2n) is 4.85. The van der Waals surface area contributed by atoms with Crippen LogP contribution in [0, 0.1) is 0 Å². The van der Waals surface area contributed by atoms with Crippen LogP contribution in [0.2, 0.25) is 0 Å². The van der Waals surface area contributed by atoms with E-state index in [9.17, 15) is 10.2 Å². The first kappa shape index (κ1) is 14.6. The number of nitrogens with zero attached hydrogens (tertiary/aromatic N) is 2. The minimum atomic E-state index is -0.701. The third-order valence-corrected chi connectivity index (χ3v) is 3.39. The minimum Gasteiger partial charge on any atom is -0.496 e. The maximum atomic E-state index is 9.52. The lowest BCUT2D eigenvalue weighted by molar-refractivity contribution is 0.0572. The minimum absolute atomic E-state index is 0.0135. The average Bonchev–Trinajstić information content (AvgIpc) is 2.76. The average molecular weight is 281 g/mol. The maximum absolute atomic E-state index is 9.52. The zero-order valence-corrected chi connectivity index (χ0v) is 11.2. The van der Waals surface area contributed by atoms with E-state index in [0.29, 0.717) is 30.9 Å². The van der Waals surface area contributed by atoms with E-state index in [2.05, 4.69) is 5.16 Å². The predicted octanol–water partition coefficient (Wildman–Crippen LogP) is -0.673. The lowest BCUT2D eigenvalue weighted by atomic mass is 10.1. The number of hydrogen-bond donors (Lipinski definition) is 4. The number of likely N-dealkylation sites (tertiary alicyclic amines) is 1. The number of aliphatic hydroxyl groups excluding tert-OH is 2. The van der Waals surface area contributed by atoms with Gasteiger partial charge in [0.25, 0.3) is 0 Å². The van der Waals surface area contributed by atoms with Crippen molar-refractivity contribution in [1.82, 2.24) is 4.90 Å². The Bertz CT molecular complexity index is 496. The summed E-state index contributed by atoms with van der Waals surface area (Å²) in [6.07, 6.45) is -1.40. The Morgan fingerprint density at radius 2 is 2.05 bits per heavy atom. The number of oxime groups is 1. The Morgan fingerprint density at radius 3 is 2.60 bits per heavy atom. The number of ether oxygens (including phenoxy) is 1. The van der Waals surface area contributed by atoms with E-state index in [0.717, 1.165) is 5.56 Å². The van der Waals surface area contributed by atoms with Crippen LogP contribution in [0.25, 0.3) is 0 Å². The molecule has 1 aliphatic rings. The Balaban J connectivity index is 2.14. The van der Waals surface area contributed by atoms with Crippen LogP contribution in [0.3, 0.4) is 0 Å². The summed E-state index contributed by atoms with van der Waals surface area (Å²) >= 11 is 0. The predicted molar refractivity (Wildman–Crippen MR) is 72.8 cm³/mol. The number of aliphatic hydroxyl groups is 2. The van der Waals surface area contributed by atoms with Crippen molar-refractivity contribution in [1.29, 1.82) is 0 Å². The number of β-amino-alcohol motifs (C(OH)–C–C–N with tert-alkyl or cyclic N) is 2. The summed E-state index contributed by atoms with van der Waals surface area (Å²) in [5.74, 6) is 0.499. The molecule has 5 N–H and O–H groups in total. The molecule has 0 bridgehead atoms. The van der Waals surface area contributed by atoms with E-state index in [1.54, 1.807) is 12.1 Å². The van der Waals surface area contributed by atoms with Crippen LogP contribution < -0.4 is 10.5 Å². The van der Waals surface area contributed by atoms with Crippen molar-refractivity contribution >= 4 is 5.84 Å². The molecule has 7 heteroatoms. The van der Waals surface area contributed by atoms with Gasteiger partial charge in [0.1, 0.15) is 5.75 Å². The summed E-state index contributed by atoms with van der Waals surface area (Å²) < 4.78 is 5.23. The zero-order valence-electron chi connectivity index (χ0n) is 11.2. The molecule has 0 radical (unpaired) electrons. The Morgan fingerprint density at radius 1 is 1.40 bits per heavy atom. The van der Waals surface area contributed by atoms with E-state index >= 15 is 0 Å². The van der Waals surface area contributed by atoms with Crippen molar-refractivity contribution in [2.75, 3.05) is 20.2 Å². The van der Waals surface area contributed by atoms with Crippen LogP contribution in [-0.4, -0.2) is 58.6 Å². The summed E-state index contributed by atoms with van der Waals surface area (Å²) in [6.45, 7) is 1.46. The molecule has 0 aromatic heterocycles. The molecule has 0 spiro atoms. The molecule has 0 saturated carbocycles. The molecular weight excluding hydrogens is 262 g/mol. The highest BCUT2D eigenvalue weighted by Gasteiger charge is 2.29. The van der Waals surface area contributed by atoms with Gasteiger partial charge >= 0.3 is 0 Å². The zero-order chi connectivity index (χ0) is 14.7. The quantitative estimate of drug-likeness (QED) is 0.252. The van der Waals surface area contributed by atoms with Gasteiger partial charge in [-0.15, -0.1) is 0 Å². The smallest absolute Gasteiger partial charge is 0.173 e. The van der Waals surface area contributed by atoms with Gasteiger partial charge in [-0.3, -0.25) is 4.90 Å². The Hall–Kier alpha value is -1.83. The van der Waals surface area contributed by atoms with Gasteiger partial charge in [-0.05, 0) is 17.7 Å². The number of benzene rings is 1.